The number of hydrogen-bond acceptors (Lipinski definition) is 5. The normalized spacial score (nSPS) is 11.4. The van der Waals surface area contributed by atoms with Crippen LogP contribution in [0.5, 0.6) is 11.5 Å². The highest BCUT2D eigenvalue weighted by Gasteiger charge is 2.12. The van der Waals surface area contributed by atoms with Crippen LogP contribution in [0.15, 0.2) is 52.0 Å². The average Bonchev–Trinajstić information content (AvgIpc) is 3.03. The fourth-order valence-corrected chi connectivity index (χ4v) is 3.35. The first kappa shape index (κ1) is 23.5. The van der Waals surface area contributed by atoms with Gasteiger partial charge in [-0.25, -0.2) is 5.43 Å². The topological polar surface area (TPSA) is 77.7 Å². The van der Waals surface area contributed by atoms with E-state index in [0.717, 1.165) is 27.0 Å². The molecule has 0 radical (unpaired) electrons. The standard InChI is InChI=1S/C24H27BrN4O3/c1-15-6-8-19(9-7-15)14-32-21-11-10-20(12-22(21)31-5)16(2)26-27-23(30)13-29-18(4)24(25)17(3)28-29/h6-12H,13-14H2,1-5H3,(H,27,30)/b26-16+. The Morgan fingerprint density at radius 3 is 2.47 bits per heavy atom. The predicted octanol–water partition coefficient (Wildman–Crippen LogP) is 4.70. The second-order valence-corrected chi connectivity index (χ2v) is 8.31. The van der Waals surface area contributed by atoms with Crippen LogP contribution in [0.2, 0.25) is 0 Å². The van der Waals surface area contributed by atoms with Crippen molar-refractivity contribution in [3.8, 4) is 11.5 Å². The maximum Gasteiger partial charge on any atom is 0.261 e. The molecule has 0 saturated carbocycles. The Balaban J connectivity index is 1.64. The van der Waals surface area contributed by atoms with Crippen LogP contribution in [-0.4, -0.2) is 28.5 Å². The molecule has 32 heavy (non-hydrogen) atoms. The third-order valence-corrected chi connectivity index (χ3v) is 6.18. The SMILES string of the molecule is COc1cc(/C(C)=N/NC(=O)Cn2nc(C)c(Br)c2C)ccc1OCc1ccc(C)cc1. The van der Waals surface area contributed by atoms with Crippen molar-refractivity contribution in [3.63, 3.8) is 0 Å². The lowest BCUT2D eigenvalue weighted by Crippen LogP contribution is -2.25. The highest BCUT2D eigenvalue weighted by molar-refractivity contribution is 9.10. The van der Waals surface area contributed by atoms with E-state index < -0.39 is 0 Å². The number of benzene rings is 2. The molecule has 3 aromatic rings. The average molecular weight is 499 g/mol. The van der Waals surface area contributed by atoms with Crippen molar-refractivity contribution in [3.05, 3.63) is 75.0 Å². The predicted molar refractivity (Wildman–Crippen MR) is 128 cm³/mol. The molecule has 0 saturated heterocycles. The molecule has 0 aliphatic carbocycles. The second-order valence-electron chi connectivity index (χ2n) is 7.51. The number of amides is 1. The Labute approximate surface area is 196 Å². The van der Waals surface area contributed by atoms with E-state index in [0.29, 0.717) is 23.8 Å². The number of aryl methyl sites for hydroxylation is 2. The molecule has 8 heteroatoms. The molecule has 0 aliphatic rings. The quantitative estimate of drug-likeness (QED) is 0.360. The van der Waals surface area contributed by atoms with Crippen LogP contribution >= 0.6 is 15.9 Å². The minimum Gasteiger partial charge on any atom is -0.493 e. The number of carbonyl (C=O) groups excluding carboxylic acids is 1. The van der Waals surface area contributed by atoms with E-state index in [1.165, 1.54) is 5.56 Å². The zero-order valence-corrected chi connectivity index (χ0v) is 20.5. The zero-order chi connectivity index (χ0) is 23.3. The molecule has 0 atom stereocenters. The maximum absolute atomic E-state index is 12.3. The van der Waals surface area contributed by atoms with Crippen molar-refractivity contribution < 1.29 is 14.3 Å². The van der Waals surface area contributed by atoms with Gasteiger partial charge in [0.1, 0.15) is 13.2 Å². The number of ether oxygens (including phenoxy) is 2. The molecule has 3 rings (SSSR count). The Morgan fingerprint density at radius 2 is 1.84 bits per heavy atom. The monoisotopic (exact) mass is 498 g/mol. The van der Waals surface area contributed by atoms with Crippen LogP contribution in [0, 0.1) is 20.8 Å². The molecular formula is C24H27BrN4O3. The molecule has 7 nitrogen and oxygen atoms in total. The van der Waals surface area contributed by atoms with E-state index >= 15 is 0 Å². The summed E-state index contributed by atoms with van der Waals surface area (Å²) in [6.45, 7) is 8.19. The molecule has 2 aromatic carbocycles. The summed E-state index contributed by atoms with van der Waals surface area (Å²) in [5, 5.41) is 8.57. The van der Waals surface area contributed by atoms with Gasteiger partial charge in [-0.3, -0.25) is 9.48 Å². The lowest BCUT2D eigenvalue weighted by Gasteiger charge is -2.12. The lowest BCUT2D eigenvalue weighted by molar-refractivity contribution is -0.121. The van der Waals surface area contributed by atoms with Crippen LogP contribution in [0.4, 0.5) is 0 Å². The summed E-state index contributed by atoms with van der Waals surface area (Å²) in [5.74, 6) is 0.985. The molecule has 0 bridgehead atoms. The Bertz CT molecular complexity index is 1140. The molecule has 0 aliphatic heterocycles. The van der Waals surface area contributed by atoms with E-state index in [-0.39, 0.29) is 12.5 Å². The number of nitrogens with one attached hydrogen (secondary N) is 1. The van der Waals surface area contributed by atoms with E-state index in [4.69, 9.17) is 9.47 Å². The molecule has 168 valence electrons. The molecule has 0 fully saturated rings. The van der Waals surface area contributed by atoms with Crippen LogP contribution in [0.25, 0.3) is 0 Å². The Hall–Kier alpha value is -3.13. The number of nitrogens with zero attached hydrogens (tertiary/aromatic N) is 3. The summed E-state index contributed by atoms with van der Waals surface area (Å²) in [5.41, 5.74) is 8.08. The largest absolute Gasteiger partial charge is 0.493 e. The fourth-order valence-electron chi connectivity index (χ4n) is 3.07. The van der Waals surface area contributed by atoms with Crippen molar-refractivity contribution in [2.24, 2.45) is 5.10 Å². The minimum absolute atomic E-state index is 0.0875. The number of methoxy groups -OCH3 is 1. The number of carbonyl (C=O) groups is 1. The number of aromatic nitrogens is 2. The third kappa shape index (κ3) is 5.76. The number of hydrazone groups is 1. The van der Waals surface area contributed by atoms with Gasteiger partial charge >= 0.3 is 0 Å². The van der Waals surface area contributed by atoms with Gasteiger partial charge in [0.15, 0.2) is 11.5 Å². The van der Waals surface area contributed by atoms with E-state index in [1.54, 1.807) is 11.8 Å². The molecule has 0 unspecified atom stereocenters. The highest BCUT2D eigenvalue weighted by atomic mass is 79.9. The lowest BCUT2D eigenvalue weighted by atomic mass is 10.1. The molecule has 1 aromatic heterocycles. The van der Waals surface area contributed by atoms with Gasteiger partial charge in [0.05, 0.1) is 28.7 Å². The van der Waals surface area contributed by atoms with Crippen molar-refractivity contribution >= 4 is 27.5 Å². The summed E-state index contributed by atoms with van der Waals surface area (Å²) in [4.78, 5) is 12.3. The molecule has 1 N–H and O–H groups in total. The van der Waals surface area contributed by atoms with Gasteiger partial charge in [-0.15, -0.1) is 0 Å². The van der Waals surface area contributed by atoms with Gasteiger partial charge in [0.2, 0.25) is 0 Å². The van der Waals surface area contributed by atoms with Crippen molar-refractivity contribution in [1.29, 1.82) is 0 Å². The van der Waals surface area contributed by atoms with Gasteiger partial charge in [0.25, 0.3) is 5.91 Å². The van der Waals surface area contributed by atoms with Crippen molar-refractivity contribution in [1.82, 2.24) is 15.2 Å². The van der Waals surface area contributed by atoms with Crippen LogP contribution in [0.1, 0.15) is 35.0 Å². The van der Waals surface area contributed by atoms with E-state index in [2.05, 4.69) is 50.6 Å². The maximum atomic E-state index is 12.3. The highest BCUT2D eigenvalue weighted by Crippen LogP contribution is 2.29. The van der Waals surface area contributed by atoms with Crippen LogP contribution in [0.3, 0.4) is 0 Å². The summed E-state index contributed by atoms with van der Waals surface area (Å²) in [6, 6.07) is 13.8. The zero-order valence-electron chi connectivity index (χ0n) is 18.9. The van der Waals surface area contributed by atoms with Crippen molar-refractivity contribution in [2.75, 3.05) is 7.11 Å². The number of halogens is 1. The number of rotatable bonds is 8. The summed E-state index contributed by atoms with van der Waals surface area (Å²) < 4.78 is 14.0. The van der Waals surface area contributed by atoms with Gasteiger partial charge < -0.3 is 9.47 Å². The Morgan fingerprint density at radius 1 is 1.12 bits per heavy atom. The molecular weight excluding hydrogens is 472 g/mol. The second kappa shape index (κ2) is 10.5. The number of hydrogen-bond donors (Lipinski definition) is 1. The molecule has 1 amide bonds. The van der Waals surface area contributed by atoms with Gasteiger partial charge in [-0.1, -0.05) is 29.8 Å². The first-order valence-corrected chi connectivity index (χ1v) is 11.0. The molecule has 1 heterocycles. The van der Waals surface area contributed by atoms with Crippen LogP contribution < -0.4 is 14.9 Å². The fraction of sp³-hybridized carbons (Fsp3) is 0.292. The summed E-state index contributed by atoms with van der Waals surface area (Å²) in [6.07, 6.45) is 0. The van der Waals surface area contributed by atoms with Gasteiger partial charge in [-0.2, -0.15) is 10.2 Å². The van der Waals surface area contributed by atoms with E-state index in [9.17, 15) is 4.79 Å². The van der Waals surface area contributed by atoms with Crippen LogP contribution in [-0.2, 0) is 17.9 Å². The first-order valence-electron chi connectivity index (χ1n) is 10.2. The van der Waals surface area contributed by atoms with E-state index in [1.807, 2.05) is 51.1 Å². The molecule has 0 spiro atoms. The van der Waals surface area contributed by atoms with Gasteiger partial charge in [0, 0.05) is 5.56 Å². The summed E-state index contributed by atoms with van der Waals surface area (Å²) in [7, 11) is 1.60. The Kier molecular flexibility index (Phi) is 7.69. The minimum atomic E-state index is -0.257. The third-order valence-electron chi connectivity index (χ3n) is 5.03. The smallest absolute Gasteiger partial charge is 0.261 e. The first-order chi connectivity index (χ1) is 15.3. The van der Waals surface area contributed by atoms with Gasteiger partial charge in [-0.05, 0) is 67.4 Å². The summed E-state index contributed by atoms with van der Waals surface area (Å²) >= 11 is 3.46. The van der Waals surface area contributed by atoms with Crippen molar-refractivity contribution in [2.45, 2.75) is 40.8 Å².